The molecule has 0 bridgehead atoms. The number of aryl methyl sites for hydroxylation is 4. The molecule has 2 aromatic rings. The second-order valence-corrected chi connectivity index (χ2v) is 7.10. The largest absolute Gasteiger partial charge is 0.480 e. The van der Waals surface area contributed by atoms with E-state index in [1.807, 2.05) is 32.9 Å². The van der Waals surface area contributed by atoms with Gasteiger partial charge in [-0.05, 0) is 74.4 Å². The van der Waals surface area contributed by atoms with Gasteiger partial charge in [0.1, 0.15) is 5.75 Å². The smallest absolute Gasteiger partial charge is 0.261 e. The third-order valence-corrected chi connectivity index (χ3v) is 4.93. The van der Waals surface area contributed by atoms with Crippen molar-refractivity contribution in [3.8, 4) is 5.75 Å². The van der Waals surface area contributed by atoms with Crippen molar-refractivity contribution in [1.82, 2.24) is 5.32 Å². The van der Waals surface area contributed by atoms with E-state index < -0.39 is 6.10 Å². The van der Waals surface area contributed by atoms with E-state index >= 15 is 0 Å². The van der Waals surface area contributed by atoms with E-state index in [0.29, 0.717) is 6.42 Å². The fourth-order valence-electron chi connectivity index (χ4n) is 2.98. The Balaban J connectivity index is 2.13. The molecule has 0 aliphatic carbocycles. The Kier molecular flexibility index (Phi) is 6.84. The first-order valence-corrected chi connectivity index (χ1v) is 9.47. The van der Waals surface area contributed by atoms with Crippen LogP contribution in [-0.4, -0.2) is 12.0 Å². The first-order valence-electron chi connectivity index (χ1n) is 9.47. The van der Waals surface area contributed by atoms with Crippen LogP contribution in [0.5, 0.6) is 5.75 Å². The average molecular weight is 354 g/mol. The Labute approximate surface area is 157 Å². The number of amides is 1. The van der Waals surface area contributed by atoms with Gasteiger partial charge in [0.05, 0.1) is 6.04 Å². The van der Waals surface area contributed by atoms with Crippen LogP contribution in [0.3, 0.4) is 0 Å². The molecule has 0 saturated carbocycles. The molecular weight excluding hydrogens is 322 g/mol. The second-order valence-electron chi connectivity index (χ2n) is 7.10. The molecule has 0 radical (unpaired) electrons. The lowest BCUT2D eigenvalue weighted by Crippen LogP contribution is -2.40. The van der Waals surface area contributed by atoms with Crippen LogP contribution in [0.15, 0.2) is 36.4 Å². The maximum Gasteiger partial charge on any atom is 0.261 e. The molecule has 0 aliphatic heterocycles. The van der Waals surface area contributed by atoms with Crippen molar-refractivity contribution >= 4 is 5.91 Å². The Morgan fingerprint density at radius 2 is 1.62 bits per heavy atom. The maximum absolute atomic E-state index is 12.8. The standard InChI is InChI=1S/C23H31NO2/c1-7-20(19-12-11-16(4)18(6)14-19)24-23(25)21(8-2)26-22-13-15(3)9-10-17(22)5/h9-14,20-21H,7-8H2,1-6H3,(H,24,25). The van der Waals surface area contributed by atoms with Gasteiger partial charge < -0.3 is 10.1 Å². The predicted molar refractivity (Wildman–Crippen MR) is 108 cm³/mol. The number of carbonyl (C=O) groups excluding carboxylic acids is 1. The summed E-state index contributed by atoms with van der Waals surface area (Å²) in [7, 11) is 0. The van der Waals surface area contributed by atoms with Crippen LogP contribution in [-0.2, 0) is 4.79 Å². The summed E-state index contributed by atoms with van der Waals surface area (Å²) in [5.41, 5.74) is 5.82. The van der Waals surface area contributed by atoms with E-state index in [4.69, 9.17) is 4.74 Å². The van der Waals surface area contributed by atoms with Crippen molar-refractivity contribution in [3.63, 3.8) is 0 Å². The molecule has 3 nitrogen and oxygen atoms in total. The highest BCUT2D eigenvalue weighted by Gasteiger charge is 2.22. The van der Waals surface area contributed by atoms with Crippen LogP contribution in [0.1, 0.15) is 60.5 Å². The van der Waals surface area contributed by atoms with Gasteiger partial charge in [0.15, 0.2) is 6.10 Å². The van der Waals surface area contributed by atoms with E-state index in [0.717, 1.165) is 28.9 Å². The van der Waals surface area contributed by atoms with Gasteiger partial charge in [-0.1, -0.05) is 44.2 Å². The molecule has 0 aliphatic rings. The Morgan fingerprint density at radius 1 is 0.923 bits per heavy atom. The molecule has 0 saturated heterocycles. The third-order valence-electron chi connectivity index (χ3n) is 4.93. The van der Waals surface area contributed by atoms with Gasteiger partial charge in [-0.2, -0.15) is 0 Å². The van der Waals surface area contributed by atoms with Gasteiger partial charge in [0, 0.05) is 0 Å². The molecule has 26 heavy (non-hydrogen) atoms. The molecule has 2 rings (SSSR count). The Morgan fingerprint density at radius 3 is 2.23 bits per heavy atom. The van der Waals surface area contributed by atoms with Gasteiger partial charge in [-0.25, -0.2) is 0 Å². The molecular formula is C23H31NO2. The van der Waals surface area contributed by atoms with Crippen molar-refractivity contribution < 1.29 is 9.53 Å². The van der Waals surface area contributed by atoms with Crippen molar-refractivity contribution in [3.05, 3.63) is 64.2 Å². The third kappa shape index (κ3) is 4.87. The minimum absolute atomic E-state index is 0.00180. The Bertz CT molecular complexity index is 767. The molecule has 0 aromatic heterocycles. The van der Waals surface area contributed by atoms with Gasteiger partial charge in [-0.15, -0.1) is 0 Å². The zero-order valence-corrected chi connectivity index (χ0v) is 16.8. The molecule has 2 unspecified atom stereocenters. The van der Waals surface area contributed by atoms with Gasteiger partial charge in [-0.3, -0.25) is 4.79 Å². The maximum atomic E-state index is 12.8. The van der Waals surface area contributed by atoms with Crippen molar-refractivity contribution in [2.45, 2.75) is 66.5 Å². The lowest BCUT2D eigenvalue weighted by molar-refractivity contribution is -0.129. The van der Waals surface area contributed by atoms with Crippen molar-refractivity contribution in [2.75, 3.05) is 0 Å². The van der Waals surface area contributed by atoms with E-state index in [-0.39, 0.29) is 11.9 Å². The summed E-state index contributed by atoms with van der Waals surface area (Å²) in [6.45, 7) is 12.3. The number of rotatable bonds is 7. The molecule has 1 N–H and O–H groups in total. The lowest BCUT2D eigenvalue weighted by atomic mass is 9.99. The van der Waals surface area contributed by atoms with Crippen LogP contribution in [0.25, 0.3) is 0 Å². The number of nitrogens with one attached hydrogen (secondary N) is 1. The van der Waals surface area contributed by atoms with Gasteiger partial charge >= 0.3 is 0 Å². The molecule has 140 valence electrons. The summed E-state index contributed by atoms with van der Waals surface area (Å²) in [6.07, 6.45) is 0.979. The number of carbonyl (C=O) groups is 1. The molecule has 0 spiro atoms. The molecule has 2 atom stereocenters. The first kappa shape index (κ1) is 20.0. The summed E-state index contributed by atoms with van der Waals surface area (Å²) >= 11 is 0. The number of hydrogen-bond acceptors (Lipinski definition) is 2. The molecule has 2 aromatic carbocycles. The fourth-order valence-corrected chi connectivity index (χ4v) is 2.98. The fraction of sp³-hybridized carbons (Fsp3) is 0.435. The van der Waals surface area contributed by atoms with E-state index in [1.54, 1.807) is 0 Å². The van der Waals surface area contributed by atoms with E-state index in [1.165, 1.54) is 11.1 Å². The molecule has 3 heteroatoms. The van der Waals surface area contributed by atoms with Crippen LogP contribution < -0.4 is 10.1 Å². The zero-order valence-electron chi connectivity index (χ0n) is 16.8. The normalized spacial score (nSPS) is 13.2. The summed E-state index contributed by atoms with van der Waals surface area (Å²) in [5.74, 6) is 0.727. The highest BCUT2D eigenvalue weighted by Crippen LogP contribution is 2.23. The SMILES string of the molecule is CCC(Oc1cc(C)ccc1C)C(=O)NC(CC)c1ccc(C)c(C)c1. The van der Waals surface area contributed by atoms with E-state index in [9.17, 15) is 4.79 Å². The molecule has 1 amide bonds. The minimum atomic E-state index is -0.490. The minimum Gasteiger partial charge on any atom is -0.480 e. The summed E-state index contributed by atoms with van der Waals surface area (Å²) in [6, 6.07) is 12.4. The van der Waals surface area contributed by atoms with Crippen LogP contribution in [0.2, 0.25) is 0 Å². The van der Waals surface area contributed by atoms with Crippen molar-refractivity contribution in [2.24, 2.45) is 0 Å². The topological polar surface area (TPSA) is 38.3 Å². The molecule has 0 fully saturated rings. The molecule has 0 heterocycles. The van der Waals surface area contributed by atoms with Gasteiger partial charge in [0.25, 0.3) is 5.91 Å². The first-order chi connectivity index (χ1) is 12.3. The van der Waals surface area contributed by atoms with E-state index in [2.05, 4.69) is 50.4 Å². The van der Waals surface area contributed by atoms with Crippen LogP contribution in [0, 0.1) is 27.7 Å². The Hall–Kier alpha value is -2.29. The monoisotopic (exact) mass is 353 g/mol. The number of benzene rings is 2. The average Bonchev–Trinajstić information content (AvgIpc) is 2.62. The lowest BCUT2D eigenvalue weighted by Gasteiger charge is -2.23. The quantitative estimate of drug-likeness (QED) is 0.729. The van der Waals surface area contributed by atoms with Crippen LogP contribution >= 0.6 is 0 Å². The number of ether oxygens (including phenoxy) is 1. The van der Waals surface area contributed by atoms with Crippen LogP contribution in [0.4, 0.5) is 0 Å². The van der Waals surface area contributed by atoms with Gasteiger partial charge in [0.2, 0.25) is 0 Å². The summed E-state index contributed by atoms with van der Waals surface area (Å²) < 4.78 is 6.05. The number of hydrogen-bond donors (Lipinski definition) is 1. The zero-order chi connectivity index (χ0) is 19.3. The highest BCUT2D eigenvalue weighted by atomic mass is 16.5. The second kappa shape index (κ2) is 8.88. The summed E-state index contributed by atoms with van der Waals surface area (Å²) in [4.78, 5) is 12.8. The van der Waals surface area contributed by atoms with Crippen molar-refractivity contribution in [1.29, 1.82) is 0 Å². The predicted octanol–water partition coefficient (Wildman–Crippen LogP) is 5.35. The highest BCUT2D eigenvalue weighted by molar-refractivity contribution is 5.81. The summed E-state index contributed by atoms with van der Waals surface area (Å²) in [5, 5.41) is 3.17.